The number of hydrogen-bond acceptors (Lipinski definition) is 9. The second-order valence-corrected chi connectivity index (χ2v) is 12.0. The largest absolute Gasteiger partial charge is 0.507 e. The second-order valence-electron chi connectivity index (χ2n) is 12.0. The monoisotopic (exact) mass is 513 g/mol. The highest BCUT2D eigenvalue weighted by atomic mass is 16.3. The fraction of sp³-hybridized carbons (Fsp3) is 0.593. The van der Waals surface area contributed by atoms with Crippen molar-refractivity contribution in [2.45, 2.75) is 50.8 Å². The fourth-order valence-corrected chi connectivity index (χ4v) is 6.43. The van der Waals surface area contributed by atoms with Gasteiger partial charge in [0.2, 0.25) is 5.91 Å². The van der Waals surface area contributed by atoms with E-state index in [0.29, 0.717) is 11.3 Å². The van der Waals surface area contributed by atoms with Crippen molar-refractivity contribution < 1.29 is 34.2 Å². The Kier molecular flexibility index (Phi) is 6.36. The molecule has 10 nitrogen and oxygen atoms in total. The minimum absolute atomic E-state index is 0.00775. The Morgan fingerprint density at radius 2 is 1.68 bits per heavy atom. The van der Waals surface area contributed by atoms with Gasteiger partial charge in [-0.1, -0.05) is 0 Å². The highest BCUT2D eigenvalue weighted by molar-refractivity contribution is 6.32. The Balaban J connectivity index is 1.84. The minimum Gasteiger partial charge on any atom is -0.507 e. The molecule has 37 heavy (non-hydrogen) atoms. The second kappa shape index (κ2) is 8.73. The molecule has 2 unspecified atom stereocenters. The highest BCUT2D eigenvalue weighted by Gasteiger charge is 2.69. The summed E-state index contributed by atoms with van der Waals surface area (Å²) in [5.41, 5.74) is -2.14. The van der Waals surface area contributed by atoms with Gasteiger partial charge < -0.3 is 20.4 Å². The maximum atomic E-state index is 14.0. The maximum absolute atomic E-state index is 14.0. The summed E-state index contributed by atoms with van der Waals surface area (Å²) in [5.74, 6) is -9.64. The zero-order valence-electron chi connectivity index (χ0n) is 22.3. The van der Waals surface area contributed by atoms with Crippen LogP contribution >= 0.6 is 0 Å². The molecule has 0 radical (unpaired) electrons. The third-order valence-corrected chi connectivity index (χ3v) is 7.88. The number of aliphatic hydroxyl groups is 1. The molecule has 200 valence electrons. The van der Waals surface area contributed by atoms with Gasteiger partial charge in [0.25, 0.3) is 0 Å². The third kappa shape index (κ3) is 3.97. The van der Waals surface area contributed by atoms with Gasteiger partial charge in [0.1, 0.15) is 5.75 Å². The number of hydrogen-bond donors (Lipinski definition) is 3. The van der Waals surface area contributed by atoms with Crippen LogP contribution in [-0.2, 0) is 25.6 Å². The molecule has 0 aliphatic heterocycles. The fourth-order valence-electron chi connectivity index (χ4n) is 6.43. The summed E-state index contributed by atoms with van der Waals surface area (Å²) in [5, 5.41) is 25.0. The number of amides is 1. The number of phenols is 1. The molecule has 0 aromatic heterocycles. The molecule has 1 aromatic carbocycles. The van der Waals surface area contributed by atoms with Gasteiger partial charge in [0, 0.05) is 31.2 Å². The number of aromatic hydroxyl groups is 1. The van der Waals surface area contributed by atoms with Crippen molar-refractivity contribution in [3.63, 3.8) is 0 Å². The first-order valence-corrected chi connectivity index (χ1v) is 12.4. The Bertz CT molecular complexity index is 1220. The van der Waals surface area contributed by atoms with Gasteiger partial charge in [0.15, 0.2) is 34.7 Å². The van der Waals surface area contributed by atoms with Crippen LogP contribution in [0.3, 0.4) is 0 Å². The average Bonchev–Trinajstić information content (AvgIpc) is 2.74. The lowest BCUT2D eigenvalue weighted by Crippen LogP contribution is -2.74. The van der Waals surface area contributed by atoms with E-state index in [4.69, 9.17) is 0 Å². The topological polar surface area (TPSA) is 144 Å². The molecule has 0 bridgehead atoms. The molecule has 1 aromatic rings. The highest BCUT2D eigenvalue weighted by Crippen LogP contribution is 2.51. The first kappa shape index (κ1) is 26.9. The van der Waals surface area contributed by atoms with E-state index >= 15 is 0 Å². The summed E-state index contributed by atoms with van der Waals surface area (Å²) in [6.07, 6.45) is 0.303. The standard InChI is InChI=1S/C27H35N3O7/c1-26(2,3)28-25(36)19-22(33)20(30(6)7)14-11-12-10-13-15(29(4)5)8-9-16(31)18(13)21(32)17(12)23(34)27(14,37)24(19)35/h8-9,12,14,17,19-20,31,37H,10-11H2,1-7H3,(H,28,36)/t12-,14-,17?,19?,20-,27-/m1/s1. The molecular formula is C27H35N3O7. The summed E-state index contributed by atoms with van der Waals surface area (Å²) in [6, 6.07) is 1.99. The first-order valence-electron chi connectivity index (χ1n) is 12.4. The quantitative estimate of drug-likeness (QED) is 0.488. The van der Waals surface area contributed by atoms with E-state index in [-0.39, 0.29) is 24.2 Å². The maximum Gasteiger partial charge on any atom is 0.238 e. The van der Waals surface area contributed by atoms with E-state index in [1.807, 2.05) is 4.90 Å². The summed E-state index contributed by atoms with van der Waals surface area (Å²) in [6.45, 7) is 5.06. The van der Waals surface area contributed by atoms with Crippen molar-refractivity contribution in [2.75, 3.05) is 33.1 Å². The van der Waals surface area contributed by atoms with E-state index in [2.05, 4.69) is 5.32 Å². The molecule has 4 rings (SSSR count). The van der Waals surface area contributed by atoms with Crippen molar-refractivity contribution in [3.8, 4) is 5.75 Å². The summed E-state index contributed by atoms with van der Waals surface area (Å²) < 4.78 is 0. The van der Waals surface area contributed by atoms with Crippen LogP contribution < -0.4 is 10.2 Å². The van der Waals surface area contributed by atoms with Gasteiger partial charge in [0.05, 0.1) is 17.5 Å². The number of rotatable bonds is 3. The predicted octanol–water partition coefficient (Wildman–Crippen LogP) is 0.362. The van der Waals surface area contributed by atoms with Gasteiger partial charge >= 0.3 is 0 Å². The van der Waals surface area contributed by atoms with Crippen LogP contribution in [0.15, 0.2) is 12.1 Å². The van der Waals surface area contributed by atoms with E-state index in [1.54, 1.807) is 55.0 Å². The van der Waals surface area contributed by atoms with Crippen LogP contribution in [0.5, 0.6) is 5.75 Å². The number of benzene rings is 1. The van der Waals surface area contributed by atoms with Crippen molar-refractivity contribution in [1.82, 2.24) is 10.2 Å². The molecule has 2 fully saturated rings. The van der Waals surface area contributed by atoms with Crippen LogP contribution in [0.1, 0.15) is 43.1 Å². The van der Waals surface area contributed by atoms with E-state index in [9.17, 15) is 34.2 Å². The van der Waals surface area contributed by atoms with Crippen molar-refractivity contribution >= 4 is 34.7 Å². The van der Waals surface area contributed by atoms with Gasteiger partial charge in [-0.25, -0.2) is 0 Å². The van der Waals surface area contributed by atoms with E-state index < -0.39 is 69.9 Å². The smallest absolute Gasteiger partial charge is 0.238 e. The van der Waals surface area contributed by atoms with Crippen LogP contribution in [0.2, 0.25) is 0 Å². The molecule has 2 saturated carbocycles. The minimum atomic E-state index is -2.69. The SMILES string of the molecule is CN(C)c1ccc(O)c2c1C[C@@H]1C[C@@H]3[C@@H](N(C)C)C(=O)C(C(=O)NC(C)(C)C)C(=O)[C@]3(O)C(=O)C1C2=O. The number of Topliss-reactive ketones (excluding diaryl/α,β-unsaturated/α-hetero) is 4. The molecule has 3 aliphatic rings. The van der Waals surface area contributed by atoms with Crippen LogP contribution in [0, 0.1) is 23.7 Å². The normalized spacial score (nSPS) is 31.5. The molecule has 6 atom stereocenters. The van der Waals surface area contributed by atoms with Crippen LogP contribution in [-0.4, -0.2) is 89.5 Å². The number of anilines is 1. The average molecular weight is 514 g/mol. The lowest BCUT2D eigenvalue weighted by molar-refractivity contribution is -0.181. The molecule has 10 heteroatoms. The lowest BCUT2D eigenvalue weighted by Gasteiger charge is -2.52. The number of carbonyl (C=O) groups excluding carboxylic acids is 5. The van der Waals surface area contributed by atoms with Gasteiger partial charge in [-0.3, -0.25) is 28.9 Å². The summed E-state index contributed by atoms with van der Waals surface area (Å²) >= 11 is 0. The van der Waals surface area contributed by atoms with Crippen molar-refractivity contribution in [1.29, 1.82) is 0 Å². The van der Waals surface area contributed by atoms with E-state index in [1.165, 1.54) is 11.0 Å². The van der Waals surface area contributed by atoms with Crippen LogP contribution in [0.25, 0.3) is 0 Å². The lowest BCUT2D eigenvalue weighted by atomic mass is 9.52. The molecule has 0 saturated heterocycles. The number of fused-ring (bicyclic) bond motifs is 3. The van der Waals surface area contributed by atoms with E-state index in [0.717, 1.165) is 0 Å². The van der Waals surface area contributed by atoms with Crippen molar-refractivity contribution in [3.05, 3.63) is 23.3 Å². The Labute approximate surface area is 216 Å². The zero-order chi connectivity index (χ0) is 27.8. The number of nitrogens with one attached hydrogen (secondary N) is 1. The number of nitrogens with zero attached hydrogens (tertiary/aromatic N) is 2. The Hall–Kier alpha value is -3.11. The zero-order valence-corrected chi connectivity index (χ0v) is 22.3. The van der Waals surface area contributed by atoms with Gasteiger partial charge in [-0.15, -0.1) is 0 Å². The molecule has 0 spiro atoms. The van der Waals surface area contributed by atoms with Gasteiger partial charge in [-0.05, 0) is 71.3 Å². The molecule has 3 N–H and O–H groups in total. The van der Waals surface area contributed by atoms with Gasteiger partial charge in [-0.2, -0.15) is 0 Å². The predicted molar refractivity (Wildman–Crippen MR) is 134 cm³/mol. The number of carbonyl (C=O) groups is 5. The summed E-state index contributed by atoms with van der Waals surface area (Å²) in [4.78, 5) is 71.3. The first-order chi connectivity index (χ1) is 17.0. The Morgan fingerprint density at radius 3 is 2.22 bits per heavy atom. The summed E-state index contributed by atoms with van der Waals surface area (Å²) in [7, 11) is 6.80. The molecule has 1 amide bonds. The van der Waals surface area contributed by atoms with Crippen molar-refractivity contribution in [2.24, 2.45) is 23.7 Å². The number of likely N-dealkylation sites (N-methyl/N-ethyl adjacent to an activating group) is 1. The molecule has 0 heterocycles. The van der Waals surface area contributed by atoms with Crippen LogP contribution in [0.4, 0.5) is 5.69 Å². The Morgan fingerprint density at radius 1 is 1.05 bits per heavy atom. The molecular weight excluding hydrogens is 478 g/mol. The third-order valence-electron chi connectivity index (χ3n) is 7.88. The number of ketones is 4. The number of phenolic OH excluding ortho intramolecular Hbond substituents is 1. The molecule has 3 aliphatic carbocycles.